The Labute approximate surface area is 137 Å². The highest BCUT2D eigenvalue weighted by Gasteiger charge is 2.19. The van der Waals surface area contributed by atoms with E-state index in [-0.39, 0.29) is 4.90 Å². The molecule has 2 aromatic rings. The Morgan fingerprint density at radius 1 is 1.09 bits per heavy atom. The Bertz CT molecular complexity index is 828. The molecule has 0 aliphatic heterocycles. The topological polar surface area (TPSA) is 55.4 Å². The van der Waals surface area contributed by atoms with E-state index in [9.17, 15) is 8.42 Å². The molecule has 23 heavy (non-hydrogen) atoms. The summed E-state index contributed by atoms with van der Waals surface area (Å²) >= 11 is 0. The van der Waals surface area contributed by atoms with Crippen molar-refractivity contribution in [2.75, 3.05) is 11.8 Å². The third-order valence-electron chi connectivity index (χ3n) is 4.32. The first-order valence-electron chi connectivity index (χ1n) is 7.79. The normalized spacial score (nSPS) is 14.2. The van der Waals surface area contributed by atoms with Gasteiger partial charge in [-0.05, 0) is 73.6 Å². The highest BCUT2D eigenvalue weighted by atomic mass is 32.2. The summed E-state index contributed by atoms with van der Waals surface area (Å²) in [6.07, 6.45) is 4.22. The molecule has 1 aliphatic carbocycles. The van der Waals surface area contributed by atoms with Gasteiger partial charge in [0, 0.05) is 0 Å². The van der Waals surface area contributed by atoms with E-state index in [4.69, 9.17) is 4.74 Å². The molecule has 0 aromatic heterocycles. The largest absolute Gasteiger partial charge is 0.496 e. The predicted molar refractivity (Wildman–Crippen MR) is 91.6 cm³/mol. The van der Waals surface area contributed by atoms with Gasteiger partial charge >= 0.3 is 0 Å². The molecule has 0 unspecified atom stereocenters. The lowest BCUT2D eigenvalue weighted by Crippen LogP contribution is -2.16. The molecule has 5 heteroatoms. The maximum atomic E-state index is 12.7. The van der Waals surface area contributed by atoms with Gasteiger partial charge < -0.3 is 4.74 Å². The van der Waals surface area contributed by atoms with Crippen molar-refractivity contribution in [1.29, 1.82) is 0 Å². The van der Waals surface area contributed by atoms with Crippen molar-refractivity contribution >= 4 is 15.7 Å². The summed E-state index contributed by atoms with van der Waals surface area (Å²) in [5.41, 5.74) is 3.89. The second-order valence-electron chi connectivity index (χ2n) is 5.89. The van der Waals surface area contributed by atoms with Crippen LogP contribution in [0, 0.1) is 6.92 Å². The number of sulfonamides is 1. The van der Waals surface area contributed by atoms with E-state index in [1.165, 1.54) is 12.0 Å². The highest BCUT2D eigenvalue weighted by molar-refractivity contribution is 7.92. The van der Waals surface area contributed by atoms with Crippen molar-refractivity contribution < 1.29 is 13.2 Å². The molecule has 0 radical (unpaired) electrons. The van der Waals surface area contributed by atoms with Crippen molar-refractivity contribution in [1.82, 2.24) is 0 Å². The third kappa shape index (κ3) is 3.20. The number of hydrogen-bond acceptors (Lipinski definition) is 3. The van der Waals surface area contributed by atoms with Crippen LogP contribution in [0.5, 0.6) is 5.75 Å². The molecule has 1 N–H and O–H groups in total. The van der Waals surface area contributed by atoms with E-state index in [0.29, 0.717) is 11.4 Å². The smallest absolute Gasteiger partial charge is 0.261 e. The number of rotatable bonds is 4. The molecule has 1 aliphatic rings. The lowest BCUT2D eigenvalue weighted by molar-refractivity contribution is 0.411. The molecule has 0 heterocycles. The van der Waals surface area contributed by atoms with Crippen LogP contribution in [-0.2, 0) is 22.9 Å². The maximum Gasteiger partial charge on any atom is 0.261 e. The van der Waals surface area contributed by atoms with Crippen molar-refractivity contribution in [2.45, 2.75) is 37.5 Å². The van der Waals surface area contributed by atoms with Crippen LogP contribution in [-0.4, -0.2) is 15.5 Å². The van der Waals surface area contributed by atoms with Gasteiger partial charge in [-0.2, -0.15) is 0 Å². The Hall–Kier alpha value is -2.01. The summed E-state index contributed by atoms with van der Waals surface area (Å²) < 4.78 is 33.3. The predicted octanol–water partition coefficient (Wildman–Crippen LogP) is 3.68. The molecule has 0 spiro atoms. The van der Waals surface area contributed by atoms with Crippen LogP contribution in [0.2, 0.25) is 0 Å². The fourth-order valence-corrected chi connectivity index (χ4v) is 4.28. The number of fused-ring (bicyclic) bond motifs is 1. The molecule has 3 rings (SSSR count). The first-order valence-corrected chi connectivity index (χ1v) is 9.28. The number of aryl methyl sites for hydroxylation is 2. The molecule has 0 saturated carbocycles. The van der Waals surface area contributed by atoms with Gasteiger partial charge in [-0.1, -0.05) is 12.1 Å². The van der Waals surface area contributed by atoms with E-state index in [0.717, 1.165) is 30.4 Å². The van der Waals surface area contributed by atoms with Gasteiger partial charge in [0.2, 0.25) is 0 Å². The molecule has 0 atom stereocenters. The van der Waals surface area contributed by atoms with E-state index >= 15 is 0 Å². The van der Waals surface area contributed by atoms with Crippen molar-refractivity contribution in [3.05, 3.63) is 53.1 Å². The van der Waals surface area contributed by atoms with Gasteiger partial charge in [-0.25, -0.2) is 8.42 Å². The summed E-state index contributed by atoms with van der Waals surface area (Å²) in [6, 6.07) is 10.7. The molecule has 122 valence electrons. The molecule has 0 bridgehead atoms. The Kier molecular flexibility index (Phi) is 4.31. The van der Waals surface area contributed by atoms with Crippen molar-refractivity contribution in [3.63, 3.8) is 0 Å². The number of benzene rings is 2. The van der Waals surface area contributed by atoms with E-state index in [1.807, 2.05) is 19.1 Å². The standard InChI is InChI=1S/C18H21NO3S/c1-13-12-15(10-11-18(13)22-2)23(20,21)19-17-9-5-7-14-6-3-4-8-16(14)17/h5,7,9-12,19H,3-4,6,8H2,1-2H3. The van der Waals surface area contributed by atoms with E-state index < -0.39 is 10.0 Å². The second-order valence-corrected chi connectivity index (χ2v) is 7.57. The first kappa shape index (κ1) is 15.9. The highest BCUT2D eigenvalue weighted by Crippen LogP contribution is 2.30. The van der Waals surface area contributed by atoms with Crippen LogP contribution >= 0.6 is 0 Å². The van der Waals surface area contributed by atoms with Crippen LogP contribution in [0.1, 0.15) is 29.5 Å². The zero-order valence-corrected chi connectivity index (χ0v) is 14.2. The summed E-state index contributed by atoms with van der Waals surface area (Å²) in [5, 5.41) is 0. The number of ether oxygens (including phenoxy) is 1. The first-order chi connectivity index (χ1) is 11.0. The number of methoxy groups -OCH3 is 1. The van der Waals surface area contributed by atoms with E-state index in [2.05, 4.69) is 10.8 Å². The van der Waals surface area contributed by atoms with Gasteiger partial charge in [0.15, 0.2) is 0 Å². The fraction of sp³-hybridized carbons (Fsp3) is 0.333. The third-order valence-corrected chi connectivity index (χ3v) is 5.68. The lowest BCUT2D eigenvalue weighted by atomic mass is 9.91. The van der Waals surface area contributed by atoms with Crippen LogP contribution in [0.15, 0.2) is 41.3 Å². The van der Waals surface area contributed by atoms with Crippen LogP contribution < -0.4 is 9.46 Å². The van der Waals surface area contributed by atoms with Gasteiger partial charge in [-0.15, -0.1) is 0 Å². The van der Waals surface area contributed by atoms with Crippen molar-refractivity contribution in [2.24, 2.45) is 0 Å². The summed E-state index contributed by atoms with van der Waals surface area (Å²) in [6.45, 7) is 1.84. The Balaban J connectivity index is 1.94. The van der Waals surface area contributed by atoms with Crippen LogP contribution in [0.4, 0.5) is 5.69 Å². The Morgan fingerprint density at radius 3 is 2.61 bits per heavy atom. The number of anilines is 1. The average molecular weight is 331 g/mol. The quantitative estimate of drug-likeness (QED) is 0.930. The van der Waals surface area contributed by atoms with Gasteiger partial charge in [-0.3, -0.25) is 4.72 Å². The molecular weight excluding hydrogens is 310 g/mol. The van der Waals surface area contributed by atoms with Gasteiger partial charge in [0.05, 0.1) is 17.7 Å². The Morgan fingerprint density at radius 2 is 1.87 bits per heavy atom. The molecule has 4 nitrogen and oxygen atoms in total. The average Bonchev–Trinajstić information content (AvgIpc) is 2.55. The van der Waals surface area contributed by atoms with E-state index in [1.54, 1.807) is 25.3 Å². The summed E-state index contributed by atoms with van der Waals surface area (Å²) in [4.78, 5) is 0.254. The van der Waals surface area contributed by atoms with Crippen molar-refractivity contribution in [3.8, 4) is 5.75 Å². The monoisotopic (exact) mass is 331 g/mol. The summed E-state index contributed by atoms with van der Waals surface area (Å²) in [5.74, 6) is 0.682. The zero-order valence-electron chi connectivity index (χ0n) is 13.4. The van der Waals surface area contributed by atoms with Gasteiger partial charge in [0.25, 0.3) is 10.0 Å². The summed E-state index contributed by atoms with van der Waals surface area (Å²) in [7, 11) is -2.03. The molecular formula is C18H21NO3S. The lowest BCUT2D eigenvalue weighted by Gasteiger charge is -2.20. The number of nitrogens with one attached hydrogen (secondary N) is 1. The fourth-order valence-electron chi connectivity index (χ4n) is 3.10. The SMILES string of the molecule is COc1ccc(S(=O)(=O)Nc2cccc3c2CCCC3)cc1C. The van der Waals surface area contributed by atoms with Crippen LogP contribution in [0.25, 0.3) is 0 Å². The molecule has 0 amide bonds. The van der Waals surface area contributed by atoms with Crippen LogP contribution in [0.3, 0.4) is 0 Å². The van der Waals surface area contributed by atoms with Gasteiger partial charge in [0.1, 0.15) is 5.75 Å². The second kappa shape index (κ2) is 6.24. The minimum atomic E-state index is -3.60. The minimum Gasteiger partial charge on any atom is -0.496 e. The zero-order chi connectivity index (χ0) is 16.4. The number of hydrogen-bond donors (Lipinski definition) is 1. The maximum absolute atomic E-state index is 12.7. The minimum absolute atomic E-state index is 0.254. The molecule has 0 saturated heterocycles. The molecule has 2 aromatic carbocycles. The molecule has 0 fully saturated rings.